The largest absolute Gasteiger partial charge is 2.00 e. The van der Waals surface area contributed by atoms with Gasteiger partial charge in [-0.25, -0.2) is 6.07 Å². The molecule has 0 amide bonds. The Hall–Kier alpha value is 0.0643. The first kappa shape index (κ1) is 11.1. The third-order valence-electron chi connectivity index (χ3n) is 3.10. The van der Waals surface area contributed by atoms with E-state index >= 15 is 0 Å². The van der Waals surface area contributed by atoms with Gasteiger partial charge < -0.3 is 0 Å². The van der Waals surface area contributed by atoms with Crippen molar-refractivity contribution < 1.29 is 21.7 Å². The molecule has 2 rings (SSSR count). The molecular formula is C12H17Ti+. The van der Waals surface area contributed by atoms with Gasteiger partial charge in [-0.05, 0) is 0 Å². The van der Waals surface area contributed by atoms with Crippen molar-refractivity contribution in [2.24, 2.45) is 0 Å². The molecule has 1 aromatic carbocycles. The standard InChI is InChI=1S/C12H17.Ti/c1-3-11-9(2)8-10-6-4-5-7-12(10)11;/h8H,3-7H2,1-2H3;/q-1;+2. The van der Waals surface area contributed by atoms with E-state index in [2.05, 4.69) is 19.9 Å². The van der Waals surface area contributed by atoms with Crippen molar-refractivity contribution in [1.82, 2.24) is 0 Å². The van der Waals surface area contributed by atoms with Gasteiger partial charge >= 0.3 is 21.7 Å². The van der Waals surface area contributed by atoms with Crippen molar-refractivity contribution in [2.45, 2.75) is 46.0 Å². The molecule has 1 aromatic rings. The van der Waals surface area contributed by atoms with Gasteiger partial charge in [-0.15, -0.1) is 0 Å². The molecule has 0 heterocycles. The zero-order valence-corrected chi connectivity index (χ0v) is 10.2. The van der Waals surface area contributed by atoms with Gasteiger partial charge in [0, 0.05) is 0 Å². The summed E-state index contributed by atoms with van der Waals surface area (Å²) in [5, 5.41) is 0. The maximum Gasteiger partial charge on any atom is 2.00 e. The number of aryl methyl sites for hydroxylation is 2. The van der Waals surface area contributed by atoms with Crippen LogP contribution in [0.15, 0.2) is 6.07 Å². The zero-order valence-electron chi connectivity index (χ0n) is 8.61. The van der Waals surface area contributed by atoms with Crippen LogP contribution in [-0.4, -0.2) is 0 Å². The summed E-state index contributed by atoms with van der Waals surface area (Å²) < 4.78 is 0. The molecule has 0 spiro atoms. The molecule has 0 saturated carbocycles. The van der Waals surface area contributed by atoms with E-state index in [1.807, 2.05) is 0 Å². The molecule has 0 nitrogen and oxygen atoms in total. The minimum atomic E-state index is 0. The van der Waals surface area contributed by atoms with Crippen molar-refractivity contribution in [3.63, 3.8) is 0 Å². The van der Waals surface area contributed by atoms with Gasteiger partial charge in [0.2, 0.25) is 0 Å². The van der Waals surface area contributed by atoms with Crippen molar-refractivity contribution in [3.05, 3.63) is 28.3 Å². The molecule has 13 heavy (non-hydrogen) atoms. The van der Waals surface area contributed by atoms with E-state index in [-0.39, 0.29) is 21.7 Å². The second-order valence-electron chi connectivity index (χ2n) is 3.87. The van der Waals surface area contributed by atoms with Gasteiger partial charge in [-0.3, -0.25) is 0 Å². The van der Waals surface area contributed by atoms with Gasteiger partial charge in [-0.1, -0.05) is 46.0 Å². The van der Waals surface area contributed by atoms with E-state index in [4.69, 9.17) is 0 Å². The van der Waals surface area contributed by atoms with Crippen molar-refractivity contribution >= 4 is 0 Å². The number of fused-ring (bicyclic) bond motifs is 1. The normalized spacial score (nSPS) is 14.9. The Kier molecular flexibility index (Phi) is 3.88. The average molecular weight is 209 g/mol. The van der Waals surface area contributed by atoms with Crippen LogP contribution in [0.25, 0.3) is 0 Å². The second-order valence-corrected chi connectivity index (χ2v) is 3.87. The van der Waals surface area contributed by atoms with Crippen LogP contribution in [-0.2, 0) is 41.0 Å². The molecule has 68 valence electrons. The summed E-state index contributed by atoms with van der Waals surface area (Å²) in [4.78, 5) is 0. The van der Waals surface area contributed by atoms with E-state index in [0.29, 0.717) is 0 Å². The average Bonchev–Trinajstić information content (AvgIpc) is 2.40. The summed E-state index contributed by atoms with van der Waals surface area (Å²) in [7, 11) is 0. The van der Waals surface area contributed by atoms with Crippen molar-refractivity contribution in [1.29, 1.82) is 0 Å². The second kappa shape index (κ2) is 4.53. The Bertz CT molecular complexity index is 284. The molecule has 0 radical (unpaired) electrons. The molecule has 0 atom stereocenters. The monoisotopic (exact) mass is 209 g/mol. The van der Waals surface area contributed by atoms with Crippen LogP contribution in [0, 0.1) is 6.92 Å². The molecule has 1 aliphatic rings. The van der Waals surface area contributed by atoms with E-state index in [1.165, 1.54) is 37.7 Å². The number of hydrogen-bond donors (Lipinski definition) is 0. The molecule has 0 saturated heterocycles. The minimum Gasteiger partial charge on any atom is -0.207 e. The van der Waals surface area contributed by atoms with Crippen LogP contribution in [0.3, 0.4) is 0 Å². The smallest absolute Gasteiger partial charge is 0.207 e. The maximum atomic E-state index is 2.41. The fraction of sp³-hybridized carbons (Fsp3) is 0.583. The van der Waals surface area contributed by atoms with E-state index in [1.54, 1.807) is 16.7 Å². The van der Waals surface area contributed by atoms with Crippen LogP contribution < -0.4 is 0 Å². The summed E-state index contributed by atoms with van der Waals surface area (Å²) in [6.07, 6.45) is 6.70. The van der Waals surface area contributed by atoms with E-state index in [9.17, 15) is 0 Å². The van der Waals surface area contributed by atoms with E-state index in [0.717, 1.165) is 0 Å². The molecule has 0 aromatic heterocycles. The molecular weight excluding hydrogens is 192 g/mol. The van der Waals surface area contributed by atoms with Gasteiger partial charge in [0.1, 0.15) is 0 Å². The summed E-state index contributed by atoms with van der Waals surface area (Å²) >= 11 is 0. The van der Waals surface area contributed by atoms with Crippen LogP contribution in [0.4, 0.5) is 0 Å². The summed E-state index contributed by atoms with van der Waals surface area (Å²) in [5.41, 5.74) is 6.52. The van der Waals surface area contributed by atoms with Crippen molar-refractivity contribution in [3.8, 4) is 0 Å². The Morgan fingerprint density at radius 3 is 2.69 bits per heavy atom. The van der Waals surface area contributed by atoms with Gasteiger partial charge in [0.25, 0.3) is 0 Å². The van der Waals surface area contributed by atoms with Crippen molar-refractivity contribution in [2.75, 3.05) is 0 Å². The fourth-order valence-corrected chi connectivity index (χ4v) is 2.51. The Balaban J connectivity index is 0.000000845. The topological polar surface area (TPSA) is 0 Å². The van der Waals surface area contributed by atoms with Crippen LogP contribution >= 0.6 is 0 Å². The first-order valence-corrected chi connectivity index (χ1v) is 5.10. The fourth-order valence-electron chi connectivity index (χ4n) is 2.51. The first-order valence-electron chi connectivity index (χ1n) is 5.10. The Morgan fingerprint density at radius 2 is 2.00 bits per heavy atom. The summed E-state index contributed by atoms with van der Waals surface area (Å²) in [6.45, 7) is 4.54. The quantitative estimate of drug-likeness (QED) is 0.492. The molecule has 0 aliphatic heterocycles. The van der Waals surface area contributed by atoms with Gasteiger partial charge in [-0.2, -0.15) is 22.3 Å². The van der Waals surface area contributed by atoms with Crippen LogP contribution in [0.2, 0.25) is 0 Å². The Labute approximate surface area is 96.0 Å². The summed E-state index contributed by atoms with van der Waals surface area (Å²) in [6, 6.07) is 2.41. The van der Waals surface area contributed by atoms with Crippen LogP contribution in [0.5, 0.6) is 0 Å². The first-order chi connectivity index (χ1) is 5.83. The SMILES string of the molecule is CC[c-]1c(C)cc2c1CCCC2.[Ti+2]. The third-order valence-corrected chi connectivity index (χ3v) is 3.10. The van der Waals surface area contributed by atoms with Gasteiger partial charge in [0.15, 0.2) is 0 Å². The molecule has 0 bridgehead atoms. The van der Waals surface area contributed by atoms with E-state index < -0.39 is 0 Å². The van der Waals surface area contributed by atoms with Crippen LogP contribution in [0.1, 0.15) is 42.0 Å². The molecule has 0 N–H and O–H groups in total. The predicted molar refractivity (Wildman–Crippen MR) is 52.8 cm³/mol. The Morgan fingerprint density at radius 1 is 1.31 bits per heavy atom. The van der Waals surface area contributed by atoms with Gasteiger partial charge in [0.05, 0.1) is 0 Å². The number of hydrogen-bond acceptors (Lipinski definition) is 0. The molecule has 1 aliphatic carbocycles. The third kappa shape index (κ3) is 1.95. The predicted octanol–water partition coefficient (Wildman–Crippen LogP) is 3.15. The minimum absolute atomic E-state index is 0. The zero-order chi connectivity index (χ0) is 8.55. The molecule has 1 heteroatoms. The molecule has 0 unspecified atom stereocenters. The number of rotatable bonds is 1. The maximum absolute atomic E-state index is 2.41. The molecule has 0 fully saturated rings. The summed E-state index contributed by atoms with van der Waals surface area (Å²) in [5.74, 6) is 0.